The van der Waals surface area contributed by atoms with Gasteiger partial charge in [-0.1, -0.05) is 13.8 Å². The molecule has 2 aromatic heterocycles. The van der Waals surface area contributed by atoms with Crippen molar-refractivity contribution in [1.29, 1.82) is 0 Å². The predicted molar refractivity (Wildman–Crippen MR) is 82.4 cm³/mol. The van der Waals surface area contributed by atoms with Crippen LogP contribution in [0.2, 0.25) is 0 Å². The van der Waals surface area contributed by atoms with E-state index in [1.54, 1.807) is 17.7 Å². The molecule has 0 fully saturated rings. The van der Waals surface area contributed by atoms with Gasteiger partial charge in [-0.25, -0.2) is 9.67 Å². The van der Waals surface area contributed by atoms with Crippen molar-refractivity contribution in [3.05, 3.63) is 33.5 Å². The molecule has 1 unspecified atom stereocenters. The van der Waals surface area contributed by atoms with Crippen molar-refractivity contribution >= 4 is 11.3 Å². The number of hydrogen-bond donors (Lipinski definition) is 2. The first-order valence-electron chi connectivity index (χ1n) is 6.91. The van der Waals surface area contributed by atoms with Crippen LogP contribution in [0.25, 0.3) is 0 Å². The van der Waals surface area contributed by atoms with E-state index in [0.717, 1.165) is 18.8 Å². The van der Waals surface area contributed by atoms with Gasteiger partial charge in [0, 0.05) is 22.7 Å². The van der Waals surface area contributed by atoms with Gasteiger partial charge in [0.1, 0.15) is 12.2 Å². The fourth-order valence-corrected chi connectivity index (χ4v) is 3.25. The molecular weight excluding hydrogens is 270 g/mol. The van der Waals surface area contributed by atoms with E-state index in [-0.39, 0.29) is 6.04 Å². The molecule has 0 bridgehead atoms. The SMILES string of the molecule is Cc1cc(C(Cc2ncnn2CC(C)C)NN)sc1C. The zero-order chi connectivity index (χ0) is 14.7. The van der Waals surface area contributed by atoms with Gasteiger partial charge in [0.15, 0.2) is 0 Å². The van der Waals surface area contributed by atoms with Crippen LogP contribution in [0, 0.1) is 19.8 Å². The summed E-state index contributed by atoms with van der Waals surface area (Å²) in [5.41, 5.74) is 4.22. The molecule has 2 heterocycles. The lowest BCUT2D eigenvalue weighted by Gasteiger charge is -2.15. The van der Waals surface area contributed by atoms with Crippen molar-refractivity contribution < 1.29 is 0 Å². The van der Waals surface area contributed by atoms with E-state index in [1.807, 2.05) is 4.68 Å². The van der Waals surface area contributed by atoms with Gasteiger partial charge >= 0.3 is 0 Å². The van der Waals surface area contributed by atoms with Crippen LogP contribution in [0.1, 0.15) is 41.0 Å². The fraction of sp³-hybridized carbons (Fsp3) is 0.571. The molecule has 0 amide bonds. The number of hydrogen-bond acceptors (Lipinski definition) is 5. The third-order valence-corrected chi connectivity index (χ3v) is 4.62. The van der Waals surface area contributed by atoms with E-state index in [4.69, 9.17) is 5.84 Å². The predicted octanol–water partition coefficient (Wildman–Crippen LogP) is 2.36. The minimum atomic E-state index is 0.0857. The number of nitrogens with zero attached hydrogens (tertiary/aromatic N) is 3. The molecule has 0 aliphatic carbocycles. The van der Waals surface area contributed by atoms with Crippen LogP contribution in [-0.2, 0) is 13.0 Å². The largest absolute Gasteiger partial charge is 0.271 e. The van der Waals surface area contributed by atoms with Gasteiger partial charge in [0.25, 0.3) is 0 Å². The average Bonchev–Trinajstić information content (AvgIpc) is 2.94. The average molecular weight is 293 g/mol. The van der Waals surface area contributed by atoms with Crippen LogP contribution in [0.5, 0.6) is 0 Å². The number of thiophene rings is 1. The molecule has 0 aliphatic heterocycles. The van der Waals surface area contributed by atoms with Crippen molar-refractivity contribution in [1.82, 2.24) is 20.2 Å². The van der Waals surface area contributed by atoms with Crippen molar-refractivity contribution in [3.63, 3.8) is 0 Å². The standard InChI is InChI=1S/C14H23N5S/c1-9(2)7-19-14(16-8-17-19)6-12(18-15)13-5-10(3)11(4)20-13/h5,8-9,12,18H,6-7,15H2,1-4H3. The van der Waals surface area contributed by atoms with Crippen LogP contribution in [0.4, 0.5) is 0 Å². The van der Waals surface area contributed by atoms with Crippen LogP contribution < -0.4 is 11.3 Å². The molecule has 20 heavy (non-hydrogen) atoms. The van der Waals surface area contributed by atoms with E-state index in [1.165, 1.54) is 15.3 Å². The first-order valence-corrected chi connectivity index (χ1v) is 7.72. The monoisotopic (exact) mass is 293 g/mol. The van der Waals surface area contributed by atoms with Gasteiger partial charge in [0.2, 0.25) is 0 Å². The Hall–Kier alpha value is -1.24. The number of aromatic nitrogens is 3. The van der Waals surface area contributed by atoms with Gasteiger partial charge in [-0.3, -0.25) is 11.3 Å². The van der Waals surface area contributed by atoms with E-state index < -0.39 is 0 Å². The third kappa shape index (κ3) is 3.45. The highest BCUT2D eigenvalue weighted by atomic mass is 32.1. The quantitative estimate of drug-likeness (QED) is 0.634. The van der Waals surface area contributed by atoms with Crippen molar-refractivity contribution in [2.75, 3.05) is 0 Å². The minimum Gasteiger partial charge on any atom is -0.271 e. The van der Waals surface area contributed by atoms with Crippen molar-refractivity contribution in [2.24, 2.45) is 11.8 Å². The number of nitrogens with one attached hydrogen (secondary N) is 1. The normalized spacial score (nSPS) is 13.1. The fourth-order valence-electron chi connectivity index (χ4n) is 2.14. The summed E-state index contributed by atoms with van der Waals surface area (Å²) >= 11 is 1.79. The molecular formula is C14H23N5S. The second-order valence-corrected chi connectivity index (χ2v) is 6.85. The summed E-state index contributed by atoms with van der Waals surface area (Å²) in [4.78, 5) is 6.96. The lowest BCUT2D eigenvalue weighted by Crippen LogP contribution is -2.30. The van der Waals surface area contributed by atoms with Gasteiger partial charge < -0.3 is 0 Å². The summed E-state index contributed by atoms with van der Waals surface area (Å²) in [5.74, 6) is 7.26. The van der Waals surface area contributed by atoms with Crippen LogP contribution >= 0.6 is 11.3 Å². The Balaban J connectivity index is 2.16. The molecule has 2 aromatic rings. The van der Waals surface area contributed by atoms with Crippen molar-refractivity contribution in [2.45, 2.75) is 46.7 Å². The summed E-state index contributed by atoms with van der Waals surface area (Å²) in [5, 5.41) is 4.30. The molecule has 5 nitrogen and oxygen atoms in total. The van der Waals surface area contributed by atoms with Gasteiger partial charge in [-0.15, -0.1) is 11.3 Å². The van der Waals surface area contributed by atoms with Crippen LogP contribution in [0.15, 0.2) is 12.4 Å². The number of hydrazine groups is 1. The van der Waals surface area contributed by atoms with E-state index in [9.17, 15) is 0 Å². The summed E-state index contributed by atoms with van der Waals surface area (Å²) in [6.07, 6.45) is 2.37. The molecule has 2 rings (SSSR count). The highest BCUT2D eigenvalue weighted by Gasteiger charge is 2.17. The Labute approximate surface area is 124 Å². The van der Waals surface area contributed by atoms with E-state index in [2.05, 4.69) is 49.3 Å². The maximum absolute atomic E-state index is 5.73. The van der Waals surface area contributed by atoms with Crippen LogP contribution in [-0.4, -0.2) is 14.8 Å². The zero-order valence-electron chi connectivity index (χ0n) is 12.6. The number of nitrogens with two attached hydrogens (primary N) is 1. The van der Waals surface area contributed by atoms with Crippen LogP contribution in [0.3, 0.4) is 0 Å². The Bertz CT molecular complexity index is 538. The first kappa shape index (κ1) is 15.2. The molecule has 0 aromatic carbocycles. The minimum absolute atomic E-state index is 0.0857. The molecule has 0 aliphatic rings. The molecule has 1 atom stereocenters. The number of rotatable bonds is 6. The molecule has 0 spiro atoms. The Morgan fingerprint density at radius 1 is 1.40 bits per heavy atom. The maximum atomic E-state index is 5.73. The van der Waals surface area contributed by atoms with Gasteiger partial charge in [0.05, 0.1) is 6.04 Å². The lowest BCUT2D eigenvalue weighted by atomic mass is 10.1. The zero-order valence-corrected chi connectivity index (χ0v) is 13.4. The van der Waals surface area contributed by atoms with E-state index >= 15 is 0 Å². The highest BCUT2D eigenvalue weighted by Crippen LogP contribution is 2.27. The summed E-state index contributed by atoms with van der Waals surface area (Å²) < 4.78 is 1.97. The van der Waals surface area contributed by atoms with Gasteiger partial charge in [-0.05, 0) is 31.4 Å². The third-order valence-electron chi connectivity index (χ3n) is 3.35. The molecule has 0 saturated carbocycles. The van der Waals surface area contributed by atoms with Crippen molar-refractivity contribution in [3.8, 4) is 0 Å². The smallest absolute Gasteiger partial charge is 0.138 e. The Morgan fingerprint density at radius 2 is 2.15 bits per heavy atom. The van der Waals surface area contributed by atoms with Gasteiger partial charge in [-0.2, -0.15) is 5.10 Å². The highest BCUT2D eigenvalue weighted by molar-refractivity contribution is 7.12. The molecule has 3 N–H and O–H groups in total. The molecule has 6 heteroatoms. The molecule has 0 saturated heterocycles. The second-order valence-electron chi connectivity index (χ2n) is 5.56. The first-order chi connectivity index (χ1) is 9.51. The second kappa shape index (κ2) is 6.47. The summed E-state index contributed by atoms with van der Waals surface area (Å²) in [6, 6.07) is 2.29. The Kier molecular flexibility index (Phi) is 4.91. The lowest BCUT2D eigenvalue weighted by molar-refractivity contribution is 0.448. The number of aryl methyl sites for hydroxylation is 2. The molecule has 110 valence electrons. The van der Waals surface area contributed by atoms with E-state index in [0.29, 0.717) is 5.92 Å². The maximum Gasteiger partial charge on any atom is 0.138 e. The topological polar surface area (TPSA) is 68.8 Å². The Morgan fingerprint density at radius 3 is 2.70 bits per heavy atom. The molecule has 0 radical (unpaired) electrons. The summed E-state index contributed by atoms with van der Waals surface area (Å²) in [7, 11) is 0. The summed E-state index contributed by atoms with van der Waals surface area (Å²) in [6.45, 7) is 9.50.